The van der Waals surface area contributed by atoms with Crippen LogP contribution in [-0.4, -0.2) is 31.8 Å². The lowest BCUT2D eigenvalue weighted by Crippen LogP contribution is -2.43. The minimum Gasteiger partial charge on any atom is -0.353 e. The van der Waals surface area contributed by atoms with Gasteiger partial charge in [-0.05, 0) is 30.4 Å². The first-order chi connectivity index (χ1) is 13.2. The number of hydrogen-bond donors (Lipinski definition) is 1. The normalized spacial score (nSPS) is 15.7. The summed E-state index contributed by atoms with van der Waals surface area (Å²) >= 11 is 1.64. The van der Waals surface area contributed by atoms with Gasteiger partial charge in [-0.25, -0.2) is 9.67 Å². The maximum Gasteiger partial charge on any atom is 0.266 e. The Kier molecular flexibility index (Phi) is 4.89. The van der Waals surface area contributed by atoms with Crippen LogP contribution in [0.1, 0.15) is 30.6 Å². The number of rotatable bonds is 6. The van der Waals surface area contributed by atoms with E-state index < -0.39 is 5.41 Å². The Labute approximate surface area is 160 Å². The van der Waals surface area contributed by atoms with Crippen LogP contribution in [0.25, 0.3) is 5.82 Å². The zero-order chi connectivity index (χ0) is 18.7. The molecule has 140 valence electrons. The van der Waals surface area contributed by atoms with Crippen LogP contribution in [0.15, 0.2) is 53.2 Å². The van der Waals surface area contributed by atoms with Gasteiger partial charge in [0.2, 0.25) is 5.91 Å². The van der Waals surface area contributed by atoms with Crippen LogP contribution in [0, 0.1) is 0 Å². The second-order valence-electron chi connectivity index (χ2n) is 6.75. The molecule has 1 N–H and O–H groups in total. The Morgan fingerprint density at radius 1 is 1.26 bits per heavy atom. The fraction of sp³-hybridized carbons (Fsp3) is 0.368. The summed E-state index contributed by atoms with van der Waals surface area (Å²) in [6.45, 7) is 0.694. The van der Waals surface area contributed by atoms with Crippen molar-refractivity contribution >= 4 is 17.2 Å². The Balaban J connectivity index is 1.44. The molecule has 7 nitrogen and oxygen atoms in total. The van der Waals surface area contributed by atoms with E-state index in [2.05, 4.69) is 21.5 Å². The monoisotopic (exact) mass is 383 g/mol. The summed E-state index contributed by atoms with van der Waals surface area (Å²) in [5.74, 6) is 0.672. The van der Waals surface area contributed by atoms with Crippen LogP contribution in [0.5, 0.6) is 0 Å². The summed E-state index contributed by atoms with van der Waals surface area (Å²) in [6.07, 6.45) is 8.95. The number of aromatic nitrogens is 4. The van der Waals surface area contributed by atoms with Gasteiger partial charge in [0.1, 0.15) is 6.33 Å². The van der Waals surface area contributed by atoms with E-state index in [0.717, 1.165) is 30.6 Å². The van der Waals surface area contributed by atoms with Crippen LogP contribution < -0.4 is 10.9 Å². The Hall–Kier alpha value is -2.74. The van der Waals surface area contributed by atoms with Gasteiger partial charge in [0.05, 0.1) is 12.0 Å². The Morgan fingerprint density at radius 2 is 2.11 bits per heavy atom. The summed E-state index contributed by atoms with van der Waals surface area (Å²) in [6, 6.07) is 7.19. The molecule has 1 saturated carbocycles. The molecule has 0 spiro atoms. The molecule has 0 aliphatic heterocycles. The first-order valence-electron chi connectivity index (χ1n) is 9.08. The summed E-state index contributed by atoms with van der Waals surface area (Å²) in [5, 5.41) is 9.41. The lowest BCUT2D eigenvalue weighted by molar-refractivity contribution is -0.126. The van der Waals surface area contributed by atoms with Crippen LogP contribution in [0.2, 0.25) is 0 Å². The van der Waals surface area contributed by atoms with Gasteiger partial charge in [-0.3, -0.25) is 14.2 Å². The quantitative estimate of drug-likeness (QED) is 0.707. The minimum atomic E-state index is -0.411. The number of amides is 1. The third kappa shape index (κ3) is 3.44. The molecule has 27 heavy (non-hydrogen) atoms. The van der Waals surface area contributed by atoms with Crippen molar-refractivity contribution < 1.29 is 4.79 Å². The van der Waals surface area contributed by atoms with E-state index in [0.29, 0.717) is 18.9 Å². The van der Waals surface area contributed by atoms with Crippen molar-refractivity contribution in [1.29, 1.82) is 0 Å². The lowest BCUT2D eigenvalue weighted by Gasteiger charge is -2.26. The molecule has 3 aromatic rings. The van der Waals surface area contributed by atoms with Crippen molar-refractivity contribution in [3.63, 3.8) is 0 Å². The van der Waals surface area contributed by atoms with Gasteiger partial charge in [-0.2, -0.15) is 5.10 Å². The van der Waals surface area contributed by atoms with E-state index in [4.69, 9.17) is 0 Å². The van der Waals surface area contributed by atoms with Crippen molar-refractivity contribution in [2.75, 3.05) is 6.54 Å². The highest BCUT2D eigenvalue weighted by Crippen LogP contribution is 2.43. The number of carbonyl (C=O) groups excluding carboxylic acids is 1. The van der Waals surface area contributed by atoms with Crippen molar-refractivity contribution in [3.8, 4) is 5.82 Å². The molecule has 0 aromatic carbocycles. The van der Waals surface area contributed by atoms with E-state index in [1.807, 2.05) is 11.4 Å². The molecule has 1 fully saturated rings. The SMILES string of the molecule is O=C(NCCn1nc(-n2ccnc2)ccc1=O)C1(c2cccs2)CCCC1. The highest BCUT2D eigenvalue weighted by atomic mass is 32.1. The average Bonchev–Trinajstić information content (AvgIpc) is 3.43. The number of imidazole rings is 1. The summed E-state index contributed by atoms with van der Waals surface area (Å²) in [5.41, 5.74) is -0.604. The minimum absolute atomic E-state index is 0.0567. The Bertz CT molecular complexity index is 956. The van der Waals surface area contributed by atoms with E-state index in [1.165, 1.54) is 10.7 Å². The van der Waals surface area contributed by atoms with Crippen molar-refractivity contribution in [3.05, 3.63) is 63.6 Å². The van der Waals surface area contributed by atoms with Gasteiger partial charge in [-0.15, -0.1) is 11.3 Å². The van der Waals surface area contributed by atoms with E-state index in [1.54, 1.807) is 40.7 Å². The molecule has 4 rings (SSSR count). The number of nitrogens with zero attached hydrogens (tertiary/aromatic N) is 4. The predicted octanol–water partition coefficient (Wildman–Crippen LogP) is 2.12. The second kappa shape index (κ2) is 7.48. The molecule has 0 saturated heterocycles. The summed E-state index contributed by atoms with van der Waals surface area (Å²) in [4.78, 5) is 30.2. The smallest absolute Gasteiger partial charge is 0.266 e. The molecular formula is C19H21N5O2S. The fourth-order valence-electron chi connectivity index (χ4n) is 3.69. The molecule has 1 amide bonds. The molecule has 0 unspecified atom stereocenters. The van der Waals surface area contributed by atoms with Gasteiger partial charge >= 0.3 is 0 Å². The fourth-order valence-corrected chi connectivity index (χ4v) is 4.67. The molecule has 0 bridgehead atoms. The summed E-state index contributed by atoms with van der Waals surface area (Å²) < 4.78 is 3.11. The summed E-state index contributed by atoms with van der Waals surface area (Å²) in [7, 11) is 0. The zero-order valence-corrected chi connectivity index (χ0v) is 15.7. The van der Waals surface area contributed by atoms with Crippen LogP contribution >= 0.6 is 11.3 Å². The average molecular weight is 383 g/mol. The maximum absolute atomic E-state index is 13.0. The van der Waals surface area contributed by atoms with Gasteiger partial charge < -0.3 is 5.32 Å². The second-order valence-corrected chi connectivity index (χ2v) is 7.69. The van der Waals surface area contributed by atoms with Gasteiger partial charge in [0.15, 0.2) is 5.82 Å². The van der Waals surface area contributed by atoms with Crippen LogP contribution in [0.3, 0.4) is 0 Å². The predicted molar refractivity (Wildman–Crippen MR) is 103 cm³/mol. The molecule has 3 aromatic heterocycles. The van der Waals surface area contributed by atoms with E-state index >= 15 is 0 Å². The number of hydrogen-bond acceptors (Lipinski definition) is 5. The third-order valence-corrected chi connectivity index (χ3v) is 6.19. The topological polar surface area (TPSA) is 81.8 Å². The van der Waals surface area contributed by atoms with Crippen molar-refractivity contribution in [1.82, 2.24) is 24.6 Å². The Morgan fingerprint density at radius 3 is 2.81 bits per heavy atom. The van der Waals surface area contributed by atoms with Crippen LogP contribution in [-0.2, 0) is 16.8 Å². The van der Waals surface area contributed by atoms with Crippen molar-refractivity contribution in [2.45, 2.75) is 37.6 Å². The molecule has 1 aliphatic rings. The standard InChI is InChI=1S/C19H21N5O2S/c25-17-6-5-16(23-11-9-20-14-23)22-24(17)12-10-21-18(26)19(7-1-2-8-19)15-4-3-13-27-15/h3-6,9,11,13-14H,1-2,7-8,10,12H2,(H,21,26). The highest BCUT2D eigenvalue weighted by Gasteiger charge is 2.43. The van der Waals surface area contributed by atoms with Crippen molar-refractivity contribution in [2.24, 2.45) is 0 Å². The van der Waals surface area contributed by atoms with E-state index in [9.17, 15) is 9.59 Å². The number of thiophene rings is 1. The number of carbonyl (C=O) groups is 1. The van der Waals surface area contributed by atoms with E-state index in [-0.39, 0.29) is 11.5 Å². The molecular weight excluding hydrogens is 362 g/mol. The van der Waals surface area contributed by atoms with Gasteiger partial charge in [-0.1, -0.05) is 18.9 Å². The highest BCUT2D eigenvalue weighted by molar-refractivity contribution is 7.10. The van der Waals surface area contributed by atoms with Crippen LogP contribution in [0.4, 0.5) is 0 Å². The maximum atomic E-state index is 13.0. The largest absolute Gasteiger partial charge is 0.353 e. The molecule has 1 aliphatic carbocycles. The molecule has 3 heterocycles. The molecule has 0 atom stereocenters. The zero-order valence-electron chi connectivity index (χ0n) is 14.9. The first kappa shape index (κ1) is 17.7. The molecule has 0 radical (unpaired) electrons. The molecule has 8 heteroatoms. The van der Waals surface area contributed by atoms with Gasteiger partial charge in [0.25, 0.3) is 5.56 Å². The van der Waals surface area contributed by atoms with Gasteiger partial charge in [0, 0.05) is 29.9 Å². The lowest BCUT2D eigenvalue weighted by atomic mass is 9.83. The third-order valence-electron chi connectivity index (χ3n) is 5.12. The first-order valence-corrected chi connectivity index (χ1v) is 9.96. The number of nitrogens with one attached hydrogen (secondary N) is 1.